The Labute approximate surface area is 124 Å². The first-order chi connectivity index (χ1) is 9.60. The van der Waals surface area contributed by atoms with Crippen LogP contribution < -0.4 is 5.32 Å². The van der Waals surface area contributed by atoms with Gasteiger partial charge < -0.3 is 5.32 Å². The summed E-state index contributed by atoms with van der Waals surface area (Å²) in [5, 5.41) is 12.8. The van der Waals surface area contributed by atoms with E-state index in [0.29, 0.717) is 16.3 Å². The van der Waals surface area contributed by atoms with Gasteiger partial charge in [-0.2, -0.15) is 5.26 Å². The fourth-order valence-electron chi connectivity index (χ4n) is 2.30. The largest absolute Gasteiger partial charge is 0.353 e. The molecule has 0 saturated carbocycles. The molecule has 1 heterocycles. The molecular formula is C15H19N3OS. The number of nitrogens with one attached hydrogen (secondary N) is 1. The number of rotatable bonds is 4. The van der Waals surface area contributed by atoms with Crippen LogP contribution in [0.1, 0.15) is 43.5 Å². The lowest BCUT2D eigenvalue weighted by Crippen LogP contribution is -2.31. The third-order valence-electron chi connectivity index (χ3n) is 3.18. The van der Waals surface area contributed by atoms with Crippen LogP contribution in [0.25, 0.3) is 0 Å². The van der Waals surface area contributed by atoms with Crippen LogP contribution in [0.15, 0.2) is 11.1 Å². The highest BCUT2D eigenvalue weighted by Crippen LogP contribution is 2.27. The Balaban J connectivity index is 2.11. The molecule has 0 fully saturated rings. The zero-order valence-electron chi connectivity index (χ0n) is 11.9. The summed E-state index contributed by atoms with van der Waals surface area (Å²) in [6, 6.07) is 4.28. The standard InChI is InChI=1S/C15H19N3OS/c1-10(2)17-14(19)9-20-15-12(8-16)7-11-5-3-4-6-13(11)18-15/h7,10H,3-6,9H2,1-2H3,(H,17,19). The lowest BCUT2D eigenvalue weighted by Gasteiger charge is -2.16. The van der Waals surface area contributed by atoms with E-state index in [1.807, 2.05) is 19.9 Å². The van der Waals surface area contributed by atoms with E-state index in [4.69, 9.17) is 0 Å². The van der Waals surface area contributed by atoms with E-state index in [9.17, 15) is 10.1 Å². The van der Waals surface area contributed by atoms with Crippen LogP contribution in [-0.2, 0) is 17.6 Å². The van der Waals surface area contributed by atoms with E-state index >= 15 is 0 Å². The van der Waals surface area contributed by atoms with Crippen LogP contribution in [0.5, 0.6) is 0 Å². The van der Waals surface area contributed by atoms with Crippen LogP contribution in [-0.4, -0.2) is 22.7 Å². The van der Waals surface area contributed by atoms with E-state index in [1.54, 1.807) is 0 Å². The first kappa shape index (κ1) is 14.9. The van der Waals surface area contributed by atoms with Gasteiger partial charge in [0.25, 0.3) is 0 Å². The summed E-state index contributed by atoms with van der Waals surface area (Å²) >= 11 is 1.35. The summed E-state index contributed by atoms with van der Waals surface area (Å²) in [5.41, 5.74) is 2.89. The predicted octanol–water partition coefficient (Wildman–Crippen LogP) is 2.45. The first-order valence-electron chi connectivity index (χ1n) is 6.95. The Kier molecular flexibility index (Phi) is 5.02. The van der Waals surface area contributed by atoms with Crippen LogP contribution >= 0.6 is 11.8 Å². The summed E-state index contributed by atoms with van der Waals surface area (Å²) in [5.74, 6) is 0.284. The molecular weight excluding hydrogens is 270 g/mol. The molecule has 1 aromatic rings. The molecule has 0 aliphatic heterocycles. The molecule has 1 aliphatic rings. The Morgan fingerprint density at radius 2 is 2.25 bits per heavy atom. The monoisotopic (exact) mass is 289 g/mol. The van der Waals surface area contributed by atoms with Gasteiger partial charge in [0.1, 0.15) is 11.1 Å². The van der Waals surface area contributed by atoms with Crippen molar-refractivity contribution in [1.82, 2.24) is 10.3 Å². The molecule has 0 unspecified atom stereocenters. The normalized spacial score (nSPS) is 13.7. The number of hydrogen-bond donors (Lipinski definition) is 1. The highest BCUT2D eigenvalue weighted by atomic mass is 32.2. The van der Waals surface area contributed by atoms with E-state index in [-0.39, 0.29) is 11.9 Å². The van der Waals surface area contributed by atoms with Gasteiger partial charge in [-0.25, -0.2) is 4.98 Å². The minimum atomic E-state index is -0.0200. The van der Waals surface area contributed by atoms with E-state index in [2.05, 4.69) is 16.4 Å². The first-order valence-corrected chi connectivity index (χ1v) is 7.93. The average Bonchev–Trinajstić information content (AvgIpc) is 2.43. The lowest BCUT2D eigenvalue weighted by atomic mass is 9.95. The third kappa shape index (κ3) is 3.73. The predicted molar refractivity (Wildman–Crippen MR) is 79.6 cm³/mol. The zero-order valence-corrected chi connectivity index (χ0v) is 12.7. The molecule has 0 spiro atoms. The minimum absolute atomic E-state index is 0.0200. The number of nitriles is 1. The minimum Gasteiger partial charge on any atom is -0.353 e. The molecule has 0 saturated heterocycles. The number of carbonyl (C=O) groups excluding carboxylic acids is 1. The summed E-state index contributed by atoms with van der Waals surface area (Å²) in [6.07, 6.45) is 4.31. The van der Waals surface area contributed by atoms with Crippen molar-refractivity contribution in [3.8, 4) is 6.07 Å². The molecule has 1 aromatic heterocycles. The van der Waals surface area contributed by atoms with E-state index in [0.717, 1.165) is 25.0 Å². The number of aryl methyl sites for hydroxylation is 2. The fourth-order valence-corrected chi connectivity index (χ4v) is 3.09. The second-order valence-electron chi connectivity index (χ2n) is 5.28. The Morgan fingerprint density at radius 3 is 2.95 bits per heavy atom. The summed E-state index contributed by atoms with van der Waals surface area (Å²) < 4.78 is 0. The highest BCUT2D eigenvalue weighted by molar-refractivity contribution is 8.00. The number of aromatic nitrogens is 1. The van der Waals surface area contributed by atoms with Crippen molar-refractivity contribution < 1.29 is 4.79 Å². The maximum atomic E-state index is 11.7. The van der Waals surface area contributed by atoms with Gasteiger partial charge in [0.2, 0.25) is 5.91 Å². The highest BCUT2D eigenvalue weighted by Gasteiger charge is 2.16. The van der Waals surface area contributed by atoms with Crippen molar-refractivity contribution in [2.24, 2.45) is 0 Å². The average molecular weight is 289 g/mol. The van der Waals surface area contributed by atoms with Crippen molar-refractivity contribution >= 4 is 17.7 Å². The van der Waals surface area contributed by atoms with Crippen molar-refractivity contribution in [2.45, 2.75) is 50.6 Å². The van der Waals surface area contributed by atoms with Crippen LogP contribution in [0, 0.1) is 11.3 Å². The maximum Gasteiger partial charge on any atom is 0.230 e. The summed E-state index contributed by atoms with van der Waals surface area (Å²) in [4.78, 5) is 16.3. The number of thioether (sulfide) groups is 1. The Bertz CT molecular complexity index is 549. The van der Waals surface area contributed by atoms with E-state index in [1.165, 1.54) is 23.7 Å². The second kappa shape index (κ2) is 6.76. The van der Waals surface area contributed by atoms with E-state index < -0.39 is 0 Å². The van der Waals surface area contributed by atoms with Crippen molar-refractivity contribution in [1.29, 1.82) is 5.26 Å². The Morgan fingerprint density at radius 1 is 1.50 bits per heavy atom. The molecule has 1 amide bonds. The summed E-state index contributed by atoms with van der Waals surface area (Å²) in [6.45, 7) is 3.86. The maximum absolute atomic E-state index is 11.7. The molecule has 106 valence electrons. The van der Waals surface area contributed by atoms with Gasteiger partial charge in [0.05, 0.1) is 11.3 Å². The Hall–Kier alpha value is -1.54. The van der Waals surface area contributed by atoms with Gasteiger partial charge in [-0.15, -0.1) is 0 Å². The third-order valence-corrected chi connectivity index (χ3v) is 4.17. The van der Waals surface area contributed by atoms with Crippen molar-refractivity contribution in [3.63, 3.8) is 0 Å². The van der Waals surface area contributed by atoms with Crippen LogP contribution in [0.4, 0.5) is 0 Å². The number of hydrogen-bond acceptors (Lipinski definition) is 4. The molecule has 1 aliphatic carbocycles. The van der Waals surface area contributed by atoms with Crippen molar-refractivity contribution in [2.75, 3.05) is 5.75 Å². The van der Waals surface area contributed by atoms with Gasteiger partial charge >= 0.3 is 0 Å². The number of fused-ring (bicyclic) bond motifs is 1. The van der Waals surface area contributed by atoms with Crippen LogP contribution in [0.3, 0.4) is 0 Å². The molecule has 0 bridgehead atoms. The molecule has 1 N–H and O–H groups in total. The van der Waals surface area contributed by atoms with Crippen molar-refractivity contribution in [3.05, 3.63) is 22.9 Å². The zero-order chi connectivity index (χ0) is 14.5. The van der Waals surface area contributed by atoms with Gasteiger partial charge in [0.15, 0.2) is 0 Å². The smallest absolute Gasteiger partial charge is 0.230 e. The molecule has 0 atom stereocenters. The number of amides is 1. The molecule has 4 nitrogen and oxygen atoms in total. The molecule has 0 radical (unpaired) electrons. The fraction of sp³-hybridized carbons (Fsp3) is 0.533. The number of carbonyl (C=O) groups is 1. The summed E-state index contributed by atoms with van der Waals surface area (Å²) in [7, 11) is 0. The molecule has 2 rings (SSSR count). The number of pyridine rings is 1. The van der Waals surface area contributed by atoms with Crippen LogP contribution in [0.2, 0.25) is 0 Å². The van der Waals surface area contributed by atoms with Gasteiger partial charge in [-0.3, -0.25) is 4.79 Å². The molecule has 0 aromatic carbocycles. The second-order valence-corrected chi connectivity index (χ2v) is 6.24. The molecule has 5 heteroatoms. The van der Waals surface area contributed by atoms with Gasteiger partial charge in [0, 0.05) is 11.7 Å². The quantitative estimate of drug-likeness (QED) is 0.865. The van der Waals surface area contributed by atoms with Gasteiger partial charge in [-0.1, -0.05) is 11.8 Å². The number of nitrogens with zero attached hydrogens (tertiary/aromatic N) is 2. The lowest BCUT2D eigenvalue weighted by molar-refractivity contribution is -0.119. The van der Waals surface area contributed by atoms with Gasteiger partial charge in [-0.05, 0) is 51.2 Å². The SMILES string of the molecule is CC(C)NC(=O)CSc1nc2c(cc1C#N)CCCC2. The topological polar surface area (TPSA) is 65.8 Å². The molecule has 20 heavy (non-hydrogen) atoms.